The van der Waals surface area contributed by atoms with Gasteiger partial charge in [-0.15, -0.1) is 0 Å². The quantitative estimate of drug-likeness (QED) is 0.397. The van der Waals surface area contributed by atoms with E-state index in [0.29, 0.717) is 12.1 Å². The van der Waals surface area contributed by atoms with Gasteiger partial charge in [-0.2, -0.15) is 0 Å². The molecule has 2 amide bonds. The first-order valence-corrected chi connectivity index (χ1v) is 5.08. The van der Waals surface area contributed by atoms with Crippen LogP contribution in [0.2, 0.25) is 0 Å². The van der Waals surface area contributed by atoms with Crippen LogP contribution in [-0.2, 0) is 9.59 Å². The van der Waals surface area contributed by atoms with Crippen molar-refractivity contribution in [3.8, 4) is 0 Å². The van der Waals surface area contributed by atoms with Gasteiger partial charge in [0.25, 0.3) is 0 Å². The minimum absolute atomic E-state index is 0.265. The van der Waals surface area contributed by atoms with Crippen molar-refractivity contribution >= 4 is 11.8 Å². The fraction of sp³-hybridized carbons (Fsp3) is 0.556. The lowest BCUT2D eigenvalue weighted by molar-refractivity contribution is -0.139. The zero-order chi connectivity index (χ0) is 11.7. The smallest absolute Gasteiger partial charge is 0.249 e. The Hall–Kier alpha value is -1.60. The first-order chi connectivity index (χ1) is 7.61. The van der Waals surface area contributed by atoms with Crippen molar-refractivity contribution in [2.24, 2.45) is 5.73 Å². The summed E-state index contributed by atoms with van der Waals surface area (Å²) in [6, 6.07) is -0.524. The summed E-state index contributed by atoms with van der Waals surface area (Å²) in [4.78, 5) is 24.0. The molecule has 0 bridgehead atoms. The average molecular weight is 226 g/mol. The Balaban J connectivity index is 2.10. The fourth-order valence-electron chi connectivity index (χ4n) is 1.87. The molecule has 0 aromatic heterocycles. The number of hydrogen-bond donors (Lipinski definition) is 4. The Morgan fingerprint density at radius 1 is 1.56 bits per heavy atom. The topological polar surface area (TPSA) is 108 Å². The highest BCUT2D eigenvalue weighted by Crippen LogP contribution is 2.18. The molecule has 5 N–H and O–H groups in total. The number of aliphatic hydroxyl groups excluding tert-OH is 1. The molecule has 2 aliphatic heterocycles. The molecule has 0 spiro atoms. The molecule has 0 radical (unpaired) electrons. The van der Waals surface area contributed by atoms with Crippen LogP contribution >= 0.6 is 0 Å². The average Bonchev–Trinajstić information content (AvgIpc) is 2.60. The van der Waals surface area contributed by atoms with Crippen molar-refractivity contribution in [3.05, 3.63) is 11.9 Å². The lowest BCUT2D eigenvalue weighted by Crippen LogP contribution is -2.54. The molecule has 1 fully saturated rings. The molecule has 2 aliphatic rings. The lowest BCUT2D eigenvalue weighted by atomic mass is 10.1. The van der Waals surface area contributed by atoms with Crippen LogP contribution in [0.25, 0.3) is 0 Å². The molecule has 0 aliphatic carbocycles. The van der Waals surface area contributed by atoms with Crippen LogP contribution in [0, 0.1) is 0 Å². The molecule has 0 aromatic rings. The van der Waals surface area contributed by atoms with E-state index in [1.54, 1.807) is 6.20 Å². The van der Waals surface area contributed by atoms with Crippen molar-refractivity contribution in [2.75, 3.05) is 6.54 Å². The van der Waals surface area contributed by atoms with Gasteiger partial charge in [-0.3, -0.25) is 14.9 Å². The predicted molar refractivity (Wildman–Crippen MR) is 54.3 cm³/mol. The molecule has 7 heteroatoms. The maximum atomic E-state index is 11.6. The second-order valence-electron chi connectivity index (χ2n) is 3.79. The number of nitrogens with one attached hydrogen (secondary N) is 2. The summed E-state index contributed by atoms with van der Waals surface area (Å²) in [5, 5.41) is 14.6. The molecule has 88 valence electrons. The fourth-order valence-corrected chi connectivity index (χ4v) is 1.87. The minimum atomic E-state index is -0.956. The van der Waals surface area contributed by atoms with Gasteiger partial charge in [-0.1, -0.05) is 0 Å². The van der Waals surface area contributed by atoms with Crippen molar-refractivity contribution < 1.29 is 14.7 Å². The van der Waals surface area contributed by atoms with Crippen LogP contribution in [-0.4, -0.2) is 40.8 Å². The Labute approximate surface area is 92.3 Å². The standard InChI is InChI=1S/C9H14N4O3/c10-3-5-4-13(9(16)11-5)6-1-2-7(14)12-8(6)15/h4,6,9,11,16H,1-3,10H2,(H,12,14,15). The molecule has 16 heavy (non-hydrogen) atoms. The number of hydrogen-bond acceptors (Lipinski definition) is 6. The number of carbonyl (C=O) groups excluding carboxylic acids is 2. The molecule has 2 heterocycles. The number of nitrogens with two attached hydrogens (primary N) is 1. The van der Waals surface area contributed by atoms with E-state index in [4.69, 9.17) is 5.73 Å². The Kier molecular flexibility index (Phi) is 2.80. The van der Waals surface area contributed by atoms with Crippen LogP contribution < -0.4 is 16.4 Å². The summed E-state index contributed by atoms with van der Waals surface area (Å²) in [6.07, 6.45) is 1.34. The van der Waals surface area contributed by atoms with Crippen molar-refractivity contribution in [3.63, 3.8) is 0 Å². The van der Waals surface area contributed by atoms with E-state index in [0.717, 1.165) is 0 Å². The largest absolute Gasteiger partial charge is 0.356 e. The summed E-state index contributed by atoms with van der Waals surface area (Å²) >= 11 is 0. The van der Waals surface area contributed by atoms with Gasteiger partial charge in [0, 0.05) is 24.9 Å². The number of aliphatic hydroxyl groups is 1. The molecular formula is C9H14N4O3. The molecular weight excluding hydrogens is 212 g/mol. The lowest BCUT2D eigenvalue weighted by Gasteiger charge is -2.31. The number of nitrogens with zero attached hydrogens (tertiary/aromatic N) is 1. The van der Waals surface area contributed by atoms with Crippen LogP contribution in [0.3, 0.4) is 0 Å². The first kappa shape index (κ1) is 10.9. The third kappa shape index (κ3) is 1.86. The highest BCUT2D eigenvalue weighted by Gasteiger charge is 2.35. The number of piperidine rings is 1. The van der Waals surface area contributed by atoms with Crippen LogP contribution in [0.15, 0.2) is 11.9 Å². The Morgan fingerprint density at radius 2 is 2.31 bits per heavy atom. The van der Waals surface area contributed by atoms with E-state index in [2.05, 4.69) is 10.6 Å². The summed E-state index contributed by atoms with van der Waals surface area (Å²) in [5.74, 6) is -0.655. The van der Waals surface area contributed by atoms with Gasteiger partial charge in [-0.05, 0) is 6.42 Å². The van der Waals surface area contributed by atoms with Gasteiger partial charge < -0.3 is 21.1 Å². The molecule has 2 atom stereocenters. The molecule has 0 aromatic carbocycles. The van der Waals surface area contributed by atoms with Gasteiger partial charge in [0.05, 0.1) is 0 Å². The third-order valence-corrected chi connectivity index (χ3v) is 2.69. The SMILES string of the molecule is NCC1=CN(C2CCC(=O)NC2=O)C(O)N1. The molecule has 7 nitrogen and oxygen atoms in total. The Morgan fingerprint density at radius 3 is 2.88 bits per heavy atom. The second kappa shape index (κ2) is 4.11. The van der Waals surface area contributed by atoms with E-state index in [-0.39, 0.29) is 24.8 Å². The Bertz CT molecular complexity index is 355. The van der Waals surface area contributed by atoms with Gasteiger partial charge in [0.1, 0.15) is 6.04 Å². The summed E-state index contributed by atoms with van der Waals surface area (Å²) in [7, 11) is 0. The number of carbonyl (C=O) groups is 2. The van der Waals surface area contributed by atoms with Crippen LogP contribution in [0.1, 0.15) is 12.8 Å². The van der Waals surface area contributed by atoms with Crippen LogP contribution in [0.5, 0.6) is 0 Å². The van der Waals surface area contributed by atoms with Crippen molar-refractivity contribution in [2.45, 2.75) is 25.2 Å². The zero-order valence-electron chi connectivity index (χ0n) is 8.64. The summed E-state index contributed by atoms with van der Waals surface area (Å²) < 4.78 is 0. The summed E-state index contributed by atoms with van der Waals surface area (Å²) in [5.41, 5.74) is 6.09. The minimum Gasteiger partial charge on any atom is -0.356 e. The highest BCUT2D eigenvalue weighted by molar-refractivity contribution is 6.00. The van der Waals surface area contributed by atoms with Gasteiger partial charge in [0.2, 0.25) is 18.2 Å². The van der Waals surface area contributed by atoms with E-state index in [9.17, 15) is 14.7 Å². The molecule has 2 unspecified atom stereocenters. The number of amides is 2. The van der Waals surface area contributed by atoms with Gasteiger partial charge in [-0.25, -0.2) is 0 Å². The van der Waals surface area contributed by atoms with E-state index < -0.39 is 12.4 Å². The first-order valence-electron chi connectivity index (χ1n) is 5.08. The van der Waals surface area contributed by atoms with E-state index >= 15 is 0 Å². The monoisotopic (exact) mass is 226 g/mol. The van der Waals surface area contributed by atoms with E-state index in [1.807, 2.05) is 0 Å². The second-order valence-corrected chi connectivity index (χ2v) is 3.79. The van der Waals surface area contributed by atoms with Crippen molar-refractivity contribution in [1.82, 2.24) is 15.5 Å². The van der Waals surface area contributed by atoms with Gasteiger partial charge in [0.15, 0.2) is 0 Å². The zero-order valence-corrected chi connectivity index (χ0v) is 8.64. The normalized spacial score (nSPS) is 29.9. The predicted octanol–water partition coefficient (Wildman–Crippen LogP) is -2.23. The van der Waals surface area contributed by atoms with Crippen molar-refractivity contribution in [1.29, 1.82) is 0 Å². The highest BCUT2D eigenvalue weighted by atomic mass is 16.3. The third-order valence-electron chi connectivity index (χ3n) is 2.69. The molecule has 0 saturated carbocycles. The molecule has 2 rings (SSSR count). The van der Waals surface area contributed by atoms with Gasteiger partial charge >= 0.3 is 0 Å². The van der Waals surface area contributed by atoms with E-state index in [1.165, 1.54) is 4.90 Å². The maximum absolute atomic E-state index is 11.6. The molecule has 1 saturated heterocycles. The summed E-state index contributed by atoms with van der Waals surface area (Å²) in [6.45, 7) is 0.265. The number of rotatable bonds is 2. The maximum Gasteiger partial charge on any atom is 0.249 e. The van der Waals surface area contributed by atoms with Crippen LogP contribution in [0.4, 0.5) is 0 Å². The number of imide groups is 1.